The second-order valence-electron chi connectivity index (χ2n) is 4.05. The summed E-state index contributed by atoms with van der Waals surface area (Å²) in [7, 11) is 1.67. The summed E-state index contributed by atoms with van der Waals surface area (Å²) in [6.07, 6.45) is 3.38. The molecule has 0 saturated carbocycles. The van der Waals surface area contributed by atoms with Gasteiger partial charge in [-0.1, -0.05) is 41.0 Å². The Morgan fingerprint density at radius 3 is 2.64 bits per heavy atom. The standard InChI is InChI=1S/C12H12Cl2N6S2/c1-19(12(21)20-10(15)17-11(18-20)22-2)16-6-7-8(13)4-3-5-9(7)14/h3-6H,1-2H3,(H2,15,17,18)/b16-6+. The van der Waals surface area contributed by atoms with Crippen molar-refractivity contribution >= 4 is 64.5 Å². The van der Waals surface area contributed by atoms with Crippen LogP contribution in [-0.4, -0.2) is 44.4 Å². The maximum Gasteiger partial charge on any atom is 0.226 e. The summed E-state index contributed by atoms with van der Waals surface area (Å²) in [5.74, 6) is 0.201. The fraction of sp³-hybridized carbons (Fsp3) is 0.167. The molecule has 116 valence electrons. The van der Waals surface area contributed by atoms with E-state index in [-0.39, 0.29) is 11.1 Å². The first-order valence-electron chi connectivity index (χ1n) is 5.96. The molecular formula is C12H12Cl2N6S2. The van der Waals surface area contributed by atoms with E-state index >= 15 is 0 Å². The third kappa shape index (κ3) is 3.70. The second-order valence-corrected chi connectivity index (χ2v) is 6.01. The van der Waals surface area contributed by atoms with Crippen LogP contribution in [0.5, 0.6) is 0 Å². The summed E-state index contributed by atoms with van der Waals surface area (Å²) in [5, 5.41) is 11.6. The fourth-order valence-electron chi connectivity index (χ4n) is 1.50. The molecule has 2 N–H and O–H groups in total. The highest BCUT2D eigenvalue weighted by Gasteiger charge is 2.13. The Morgan fingerprint density at radius 2 is 2.09 bits per heavy atom. The lowest BCUT2D eigenvalue weighted by Gasteiger charge is -2.14. The van der Waals surface area contributed by atoms with Gasteiger partial charge in [-0.15, -0.1) is 5.10 Å². The molecule has 0 amide bonds. The lowest BCUT2D eigenvalue weighted by Crippen LogP contribution is -2.28. The van der Waals surface area contributed by atoms with Crippen LogP contribution in [0, 0.1) is 0 Å². The largest absolute Gasteiger partial charge is 0.368 e. The van der Waals surface area contributed by atoms with Crippen LogP contribution in [-0.2, 0) is 0 Å². The van der Waals surface area contributed by atoms with Gasteiger partial charge in [0.25, 0.3) is 0 Å². The third-order valence-electron chi connectivity index (χ3n) is 2.61. The van der Waals surface area contributed by atoms with Crippen molar-refractivity contribution in [1.29, 1.82) is 0 Å². The van der Waals surface area contributed by atoms with Crippen molar-refractivity contribution in [1.82, 2.24) is 19.8 Å². The Morgan fingerprint density at radius 1 is 1.45 bits per heavy atom. The summed E-state index contributed by atoms with van der Waals surface area (Å²) in [4.78, 5) is 4.06. The highest BCUT2D eigenvalue weighted by atomic mass is 35.5. The number of nitrogens with zero attached hydrogens (tertiary/aromatic N) is 5. The minimum absolute atomic E-state index is 0.201. The van der Waals surface area contributed by atoms with Crippen molar-refractivity contribution in [3.63, 3.8) is 0 Å². The summed E-state index contributed by atoms with van der Waals surface area (Å²) in [5.41, 5.74) is 6.39. The van der Waals surface area contributed by atoms with E-state index in [1.54, 1.807) is 25.2 Å². The summed E-state index contributed by atoms with van der Waals surface area (Å²) >= 11 is 18.8. The molecule has 0 unspecified atom stereocenters. The van der Waals surface area contributed by atoms with Gasteiger partial charge >= 0.3 is 0 Å². The Kier molecular flexibility index (Phi) is 5.63. The van der Waals surface area contributed by atoms with Gasteiger partial charge < -0.3 is 5.73 Å². The lowest BCUT2D eigenvalue weighted by molar-refractivity contribution is 0.530. The Balaban J connectivity index is 2.21. The zero-order chi connectivity index (χ0) is 16.3. The number of hydrogen-bond acceptors (Lipinski definition) is 6. The van der Waals surface area contributed by atoms with Crippen LogP contribution >= 0.6 is 47.2 Å². The molecule has 0 radical (unpaired) electrons. The number of hydrazone groups is 1. The monoisotopic (exact) mass is 374 g/mol. The smallest absolute Gasteiger partial charge is 0.226 e. The molecule has 1 heterocycles. The first-order valence-corrected chi connectivity index (χ1v) is 8.35. The molecule has 2 aromatic rings. The maximum atomic E-state index is 6.08. The summed E-state index contributed by atoms with van der Waals surface area (Å²) in [6, 6.07) is 5.22. The maximum absolute atomic E-state index is 6.08. The van der Waals surface area contributed by atoms with E-state index < -0.39 is 0 Å². The molecule has 1 aromatic heterocycles. The van der Waals surface area contributed by atoms with Crippen molar-refractivity contribution in [2.24, 2.45) is 5.10 Å². The van der Waals surface area contributed by atoms with Crippen LogP contribution in [0.2, 0.25) is 10.0 Å². The summed E-state index contributed by atoms with van der Waals surface area (Å²) < 4.78 is 1.34. The van der Waals surface area contributed by atoms with Crippen molar-refractivity contribution < 1.29 is 0 Å². The first-order chi connectivity index (χ1) is 10.4. The van der Waals surface area contributed by atoms with Gasteiger partial charge in [0.2, 0.25) is 16.2 Å². The van der Waals surface area contributed by atoms with E-state index in [0.29, 0.717) is 20.8 Å². The average molecular weight is 375 g/mol. The predicted molar refractivity (Wildman–Crippen MR) is 96.0 cm³/mol. The van der Waals surface area contributed by atoms with Gasteiger partial charge in [-0.3, -0.25) is 0 Å². The number of thioether (sulfide) groups is 1. The minimum Gasteiger partial charge on any atom is -0.368 e. The topological polar surface area (TPSA) is 72.3 Å². The molecule has 0 atom stereocenters. The average Bonchev–Trinajstić information content (AvgIpc) is 2.87. The number of rotatable bonds is 3. The Bertz CT molecular complexity index is 710. The van der Waals surface area contributed by atoms with Gasteiger partial charge in [-0.05, 0) is 30.6 Å². The van der Waals surface area contributed by atoms with Gasteiger partial charge in [0, 0.05) is 12.6 Å². The van der Waals surface area contributed by atoms with Gasteiger partial charge in [-0.25, -0.2) is 5.01 Å². The summed E-state index contributed by atoms with van der Waals surface area (Å²) in [6.45, 7) is 0. The Hall–Kier alpha value is -1.35. The second kappa shape index (κ2) is 7.28. The number of nitrogens with two attached hydrogens (primary N) is 1. The molecule has 0 aliphatic carbocycles. The van der Waals surface area contributed by atoms with E-state index in [1.807, 2.05) is 6.26 Å². The molecule has 0 saturated heterocycles. The van der Waals surface area contributed by atoms with E-state index in [9.17, 15) is 0 Å². The number of aromatic nitrogens is 3. The van der Waals surface area contributed by atoms with E-state index in [2.05, 4.69) is 15.2 Å². The van der Waals surface area contributed by atoms with Crippen LogP contribution in [0.4, 0.5) is 5.95 Å². The minimum atomic E-state index is 0.201. The molecule has 10 heteroatoms. The van der Waals surface area contributed by atoms with Gasteiger partial charge in [0.1, 0.15) is 0 Å². The molecule has 0 fully saturated rings. The quantitative estimate of drug-likeness (QED) is 0.385. The molecule has 1 aromatic carbocycles. The number of thiocarbonyl (C=S) groups is 1. The predicted octanol–water partition coefficient (Wildman–Crippen LogP) is 2.99. The van der Waals surface area contributed by atoms with Crippen molar-refractivity contribution in [2.75, 3.05) is 19.0 Å². The molecule has 0 aliphatic heterocycles. The van der Waals surface area contributed by atoms with Gasteiger partial charge in [0.05, 0.1) is 16.3 Å². The van der Waals surface area contributed by atoms with Crippen LogP contribution in [0.3, 0.4) is 0 Å². The van der Waals surface area contributed by atoms with E-state index in [4.69, 9.17) is 41.2 Å². The zero-order valence-corrected chi connectivity index (χ0v) is 14.8. The number of halogens is 2. The highest BCUT2D eigenvalue weighted by Crippen LogP contribution is 2.22. The van der Waals surface area contributed by atoms with Crippen molar-refractivity contribution in [3.8, 4) is 0 Å². The van der Waals surface area contributed by atoms with Crippen molar-refractivity contribution in [3.05, 3.63) is 33.8 Å². The highest BCUT2D eigenvalue weighted by molar-refractivity contribution is 7.98. The molecule has 0 spiro atoms. The number of benzene rings is 1. The van der Waals surface area contributed by atoms with Gasteiger partial charge in [0.15, 0.2) is 0 Å². The van der Waals surface area contributed by atoms with Crippen LogP contribution in [0.15, 0.2) is 28.5 Å². The SMILES string of the molecule is CSc1nc(N)n(C(=S)N(C)/N=C/c2c(Cl)cccc2Cl)n1. The van der Waals surface area contributed by atoms with Crippen LogP contribution < -0.4 is 5.73 Å². The number of hydrogen-bond donors (Lipinski definition) is 1. The fourth-order valence-corrected chi connectivity index (χ4v) is 2.52. The molecule has 6 nitrogen and oxygen atoms in total. The zero-order valence-electron chi connectivity index (χ0n) is 11.7. The molecule has 2 rings (SSSR count). The third-order valence-corrected chi connectivity index (χ3v) is 4.25. The number of nitrogen functional groups attached to an aromatic ring is 1. The molecule has 22 heavy (non-hydrogen) atoms. The van der Waals surface area contributed by atoms with Crippen LogP contribution in [0.25, 0.3) is 0 Å². The molecule has 0 bridgehead atoms. The van der Waals surface area contributed by atoms with E-state index in [0.717, 1.165) is 0 Å². The Labute approximate surface area is 147 Å². The lowest BCUT2D eigenvalue weighted by atomic mass is 10.2. The van der Waals surface area contributed by atoms with E-state index in [1.165, 1.54) is 27.7 Å². The first kappa shape index (κ1) is 17.0. The van der Waals surface area contributed by atoms with Gasteiger partial charge in [-0.2, -0.15) is 14.8 Å². The number of anilines is 1. The normalized spacial score (nSPS) is 11.1. The molecular weight excluding hydrogens is 363 g/mol. The van der Waals surface area contributed by atoms with Crippen molar-refractivity contribution in [2.45, 2.75) is 5.16 Å². The van der Waals surface area contributed by atoms with Crippen LogP contribution in [0.1, 0.15) is 5.56 Å². The molecule has 0 aliphatic rings.